The smallest absolute Gasteiger partial charge is 0.175 e. The van der Waals surface area contributed by atoms with Crippen molar-refractivity contribution in [1.82, 2.24) is 4.90 Å². The molecule has 19 heavy (non-hydrogen) atoms. The average molecular weight is 282 g/mol. The van der Waals surface area contributed by atoms with E-state index in [0.29, 0.717) is 4.90 Å². The van der Waals surface area contributed by atoms with Crippen LogP contribution in [0.5, 0.6) is 0 Å². The number of sulfone groups is 1. The topological polar surface area (TPSA) is 37.4 Å². The summed E-state index contributed by atoms with van der Waals surface area (Å²) >= 11 is 0. The Labute approximate surface area is 118 Å². The fourth-order valence-corrected chi connectivity index (χ4v) is 3.26. The molecule has 0 bridgehead atoms. The number of piperidine rings is 1. The molecule has 0 aliphatic carbocycles. The van der Waals surface area contributed by atoms with E-state index < -0.39 is 15.7 Å². The molecule has 1 aliphatic rings. The van der Waals surface area contributed by atoms with E-state index in [1.807, 2.05) is 6.07 Å². The Bertz CT molecular complexity index is 563. The lowest BCUT2D eigenvalue weighted by molar-refractivity contribution is 0.212. The van der Waals surface area contributed by atoms with Crippen LogP contribution in [0.4, 0.5) is 0 Å². The summed E-state index contributed by atoms with van der Waals surface area (Å²) < 4.78 is 31.9. The molecule has 3 nitrogen and oxygen atoms in total. The van der Waals surface area contributed by atoms with Crippen molar-refractivity contribution in [3.8, 4) is 0 Å². The van der Waals surface area contributed by atoms with Gasteiger partial charge in [-0.25, -0.2) is 8.42 Å². The van der Waals surface area contributed by atoms with Crippen LogP contribution in [0.25, 0.3) is 0 Å². The lowest BCUT2D eigenvalue weighted by Crippen LogP contribution is -2.33. The lowest BCUT2D eigenvalue weighted by atomic mass is 9.89. The number of likely N-dealkylation sites (tertiary alicyclic amines) is 1. The van der Waals surface area contributed by atoms with E-state index >= 15 is 0 Å². The molecule has 1 aliphatic heterocycles. The van der Waals surface area contributed by atoms with Crippen molar-refractivity contribution in [1.29, 1.82) is 0 Å². The Kier molecular flexibility index (Phi) is 4.18. The van der Waals surface area contributed by atoms with Crippen LogP contribution in [-0.4, -0.2) is 39.2 Å². The standard InChI is InChI=1S/C15H23NO2S/c1-3-9-16-10-7-13(8-11-16)14-5-4-6-15(12-14)19(2,17)18/h4-6,12-13H,3,7-11H2,1-2H3/i13D. The molecule has 0 aromatic heterocycles. The number of hydrogen-bond acceptors (Lipinski definition) is 3. The molecule has 0 N–H and O–H groups in total. The molecule has 1 aromatic rings. The first-order valence-electron chi connectivity index (χ1n) is 7.38. The van der Waals surface area contributed by atoms with E-state index in [1.54, 1.807) is 18.2 Å². The van der Waals surface area contributed by atoms with Gasteiger partial charge in [0.1, 0.15) is 0 Å². The molecule has 1 heterocycles. The van der Waals surface area contributed by atoms with Gasteiger partial charge in [-0.1, -0.05) is 19.1 Å². The largest absolute Gasteiger partial charge is 0.303 e. The van der Waals surface area contributed by atoms with Crippen LogP contribution >= 0.6 is 0 Å². The van der Waals surface area contributed by atoms with Crippen molar-refractivity contribution >= 4 is 9.84 Å². The first-order chi connectivity index (χ1) is 9.35. The molecule has 106 valence electrons. The van der Waals surface area contributed by atoms with Crippen molar-refractivity contribution in [2.24, 2.45) is 0 Å². The van der Waals surface area contributed by atoms with Crippen LogP contribution in [0.1, 0.15) is 39.0 Å². The molecule has 1 fully saturated rings. The van der Waals surface area contributed by atoms with E-state index in [9.17, 15) is 8.42 Å². The fourth-order valence-electron chi connectivity index (χ4n) is 2.60. The molecule has 4 heteroatoms. The highest BCUT2D eigenvalue weighted by atomic mass is 32.2. The summed E-state index contributed by atoms with van der Waals surface area (Å²) in [6.07, 6.45) is 3.88. The van der Waals surface area contributed by atoms with Gasteiger partial charge in [-0.3, -0.25) is 0 Å². The summed E-state index contributed by atoms with van der Waals surface area (Å²) in [6.45, 7) is 5.08. The van der Waals surface area contributed by atoms with Crippen molar-refractivity contribution < 1.29 is 9.79 Å². The Hall–Kier alpha value is -0.870. The van der Waals surface area contributed by atoms with Gasteiger partial charge in [-0.15, -0.1) is 0 Å². The predicted octanol–water partition coefficient (Wildman–Crippen LogP) is 2.68. The molecule has 1 saturated heterocycles. The third-order valence-electron chi connectivity index (χ3n) is 3.67. The number of nitrogens with zero attached hydrogens (tertiary/aromatic N) is 1. The number of benzene rings is 1. The van der Waals surface area contributed by atoms with Crippen LogP contribution in [0.2, 0.25) is 0 Å². The van der Waals surface area contributed by atoms with Crippen molar-refractivity contribution in [3.63, 3.8) is 0 Å². The molecular formula is C15H23NO2S. The second-order valence-corrected chi connectivity index (χ2v) is 7.26. The van der Waals surface area contributed by atoms with Crippen LogP contribution in [0, 0.1) is 0 Å². The quantitative estimate of drug-likeness (QED) is 0.852. The monoisotopic (exact) mass is 282 g/mol. The van der Waals surface area contributed by atoms with Gasteiger partial charge in [0.05, 0.1) is 4.90 Å². The van der Waals surface area contributed by atoms with Crippen LogP contribution in [-0.2, 0) is 9.84 Å². The highest BCUT2D eigenvalue weighted by Crippen LogP contribution is 2.29. The summed E-state index contributed by atoms with van der Waals surface area (Å²) in [5.74, 6) is -0.648. The van der Waals surface area contributed by atoms with E-state index in [1.165, 1.54) is 6.26 Å². The Balaban J connectivity index is 2.20. The minimum absolute atomic E-state index is 0.317. The molecule has 0 atom stereocenters. The van der Waals surface area contributed by atoms with E-state index in [4.69, 9.17) is 1.37 Å². The SMILES string of the molecule is [2H]C1(c2cccc(S(C)(=O)=O)c2)CCN(CCC)CC1. The molecule has 0 spiro atoms. The maximum atomic E-state index is 11.6. The molecule has 1 aromatic carbocycles. The second kappa shape index (κ2) is 6.06. The summed E-state index contributed by atoms with van der Waals surface area (Å²) in [4.78, 5) is 2.70. The summed E-state index contributed by atoms with van der Waals surface area (Å²) in [7, 11) is -3.20. The third kappa shape index (κ3) is 3.80. The molecule has 0 amide bonds. The van der Waals surface area contributed by atoms with E-state index in [0.717, 1.165) is 44.5 Å². The zero-order valence-electron chi connectivity index (χ0n) is 12.7. The Morgan fingerprint density at radius 3 is 2.63 bits per heavy atom. The summed E-state index contributed by atoms with van der Waals surface area (Å²) in [5.41, 5.74) is 0.830. The van der Waals surface area contributed by atoms with Crippen molar-refractivity contribution in [2.45, 2.75) is 37.0 Å². The van der Waals surface area contributed by atoms with Crippen LogP contribution in [0.15, 0.2) is 29.2 Å². The second-order valence-electron chi connectivity index (χ2n) is 5.25. The Morgan fingerprint density at radius 1 is 1.37 bits per heavy atom. The number of hydrogen-bond donors (Lipinski definition) is 0. The van der Waals surface area contributed by atoms with Gasteiger partial charge in [-0.2, -0.15) is 0 Å². The van der Waals surface area contributed by atoms with Gasteiger partial charge in [0, 0.05) is 7.63 Å². The van der Waals surface area contributed by atoms with E-state index in [-0.39, 0.29) is 0 Å². The van der Waals surface area contributed by atoms with Gasteiger partial charge >= 0.3 is 0 Å². The van der Waals surface area contributed by atoms with Crippen LogP contribution in [0.3, 0.4) is 0 Å². The average Bonchev–Trinajstić information content (AvgIpc) is 2.41. The van der Waals surface area contributed by atoms with Gasteiger partial charge in [0.25, 0.3) is 0 Å². The lowest BCUT2D eigenvalue weighted by Gasteiger charge is -2.32. The van der Waals surface area contributed by atoms with Gasteiger partial charge in [-0.05, 0) is 62.5 Å². The summed E-state index contributed by atoms with van der Waals surface area (Å²) in [6, 6.07) is 6.92. The zero-order valence-corrected chi connectivity index (χ0v) is 12.5. The highest BCUT2D eigenvalue weighted by Gasteiger charge is 2.20. The highest BCUT2D eigenvalue weighted by molar-refractivity contribution is 7.90. The third-order valence-corrected chi connectivity index (χ3v) is 4.78. The minimum atomic E-state index is -3.20. The maximum absolute atomic E-state index is 11.6. The van der Waals surface area contributed by atoms with E-state index in [2.05, 4.69) is 11.8 Å². The summed E-state index contributed by atoms with van der Waals surface area (Å²) in [5, 5.41) is 0. The van der Waals surface area contributed by atoms with Gasteiger partial charge < -0.3 is 4.90 Å². The normalized spacial score (nSPS) is 21.1. The van der Waals surface area contributed by atoms with Crippen molar-refractivity contribution in [3.05, 3.63) is 29.8 Å². The first-order valence-corrected chi connectivity index (χ1v) is 8.77. The number of rotatable bonds is 4. The van der Waals surface area contributed by atoms with Crippen molar-refractivity contribution in [2.75, 3.05) is 25.9 Å². The Morgan fingerprint density at radius 2 is 2.05 bits per heavy atom. The van der Waals surface area contributed by atoms with Gasteiger partial charge in [0.2, 0.25) is 0 Å². The van der Waals surface area contributed by atoms with Crippen LogP contribution < -0.4 is 0 Å². The molecule has 2 rings (SSSR count). The fraction of sp³-hybridized carbons (Fsp3) is 0.600. The predicted molar refractivity (Wildman–Crippen MR) is 78.3 cm³/mol. The maximum Gasteiger partial charge on any atom is 0.175 e. The molecule has 0 saturated carbocycles. The minimum Gasteiger partial charge on any atom is -0.303 e. The molecule has 0 radical (unpaired) electrons. The zero-order chi connectivity index (χ0) is 14.8. The molecular weight excluding hydrogens is 258 g/mol. The first kappa shape index (κ1) is 13.1. The van der Waals surface area contributed by atoms with Gasteiger partial charge in [0.15, 0.2) is 9.84 Å². The molecule has 0 unspecified atom stereocenters.